The Kier molecular flexibility index (Phi) is 9.10. The number of phenols is 1. The van der Waals surface area contributed by atoms with Gasteiger partial charge in [-0.15, -0.1) is 12.4 Å². The van der Waals surface area contributed by atoms with Gasteiger partial charge < -0.3 is 5.11 Å². The Morgan fingerprint density at radius 1 is 1.10 bits per heavy atom. The first kappa shape index (κ1) is 19.4. The summed E-state index contributed by atoms with van der Waals surface area (Å²) in [4.78, 5) is 3.20. The summed E-state index contributed by atoms with van der Waals surface area (Å²) in [6.07, 6.45) is 0.920. The highest BCUT2D eigenvalue weighted by molar-refractivity contribution is 7.85. The predicted octanol–water partition coefficient (Wildman–Crippen LogP) is 3.43. The molecule has 0 saturated carbocycles. The number of phenolic OH excluding ortho intramolecular Hbond substituents is 1. The Bertz CT molecular complexity index is 399. The van der Waals surface area contributed by atoms with E-state index in [1.54, 1.807) is 24.3 Å². The molecule has 5 heteroatoms. The summed E-state index contributed by atoms with van der Waals surface area (Å²) >= 11 is 0. The normalized spacial score (nSPS) is 12.8. The quantitative estimate of drug-likeness (QED) is 0.837. The molecule has 1 rings (SSSR count). The lowest BCUT2D eigenvalue weighted by molar-refractivity contribution is 0.176. The first-order chi connectivity index (χ1) is 8.91. The topological polar surface area (TPSA) is 40.5 Å². The number of hydrogen-bond donors (Lipinski definition) is 1. The molecule has 1 unspecified atom stereocenters. The van der Waals surface area contributed by atoms with E-state index in [1.165, 1.54) is 0 Å². The van der Waals surface area contributed by atoms with Crippen molar-refractivity contribution < 1.29 is 9.32 Å². The Morgan fingerprint density at radius 2 is 1.60 bits per heavy atom. The van der Waals surface area contributed by atoms with Crippen molar-refractivity contribution in [1.29, 1.82) is 0 Å². The number of aromatic hydroxyl groups is 1. The van der Waals surface area contributed by atoms with Crippen LogP contribution < -0.4 is 0 Å². The molecule has 116 valence electrons. The van der Waals surface area contributed by atoms with Crippen LogP contribution in [0.2, 0.25) is 0 Å². The van der Waals surface area contributed by atoms with Crippen LogP contribution in [0.3, 0.4) is 0 Å². The molecule has 0 aliphatic heterocycles. The van der Waals surface area contributed by atoms with Gasteiger partial charge in [0.05, 0.1) is 10.8 Å². The van der Waals surface area contributed by atoms with Crippen LogP contribution in [0.25, 0.3) is 0 Å². The van der Waals surface area contributed by atoms with Gasteiger partial charge in [-0.3, -0.25) is 9.11 Å². The van der Waals surface area contributed by atoms with Crippen molar-refractivity contribution in [2.45, 2.75) is 51.1 Å². The smallest absolute Gasteiger partial charge is 0.115 e. The van der Waals surface area contributed by atoms with Crippen LogP contribution in [0.15, 0.2) is 29.2 Å². The van der Waals surface area contributed by atoms with Crippen molar-refractivity contribution in [2.24, 2.45) is 0 Å². The molecule has 0 bridgehead atoms. The van der Waals surface area contributed by atoms with Crippen LogP contribution in [0, 0.1) is 0 Å². The lowest BCUT2D eigenvalue weighted by Crippen LogP contribution is -2.38. The van der Waals surface area contributed by atoms with E-state index < -0.39 is 10.8 Å². The summed E-state index contributed by atoms with van der Waals surface area (Å²) in [6.45, 7) is 9.74. The van der Waals surface area contributed by atoms with Gasteiger partial charge in [0.25, 0.3) is 0 Å². The summed E-state index contributed by atoms with van der Waals surface area (Å²) in [5.74, 6) is 0.882. The molecule has 0 aromatic heterocycles. The van der Waals surface area contributed by atoms with Crippen molar-refractivity contribution in [2.75, 3.05) is 12.3 Å². The fraction of sp³-hybridized carbons (Fsp3) is 0.600. The molecule has 3 nitrogen and oxygen atoms in total. The second-order valence-corrected chi connectivity index (χ2v) is 6.89. The monoisotopic (exact) mass is 319 g/mol. The van der Waals surface area contributed by atoms with E-state index in [1.807, 2.05) is 0 Å². The van der Waals surface area contributed by atoms with E-state index in [0.717, 1.165) is 17.9 Å². The van der Waals surface area contributed by atoms with E-state index >= 15 is 0 Å². The van der Waals surface area contributed by atoms with E-state index in [-0.39, 0.29) is 18.2 Å². The molecule has 20 heavy (non-hydrogen) atoms. The molecular weight excluding hydrogens is 294 g/mol. The minimum Gasteiger partial charge on any atom is -0.508 e. The summed E-state index contributed by atoms with van der Waals surface area (Å²) < 4.78 is 12.1. The maximum absolute atomic E-state index is 12.1. The van der Waals surface area contributed by atoms with Gasteiger partial charge in [-0.25, -0.2) is 0 Å². The SMILES string of the molecule is CC(C)N(CCCS(=O)c1ccc(O)cc1)C(C)C.Cl. The number of benzene rings is 1. The zero-order valence-electron chi connectivity index (χ0n) is 12.7. The zero-order valence-corrected chi connectivity index (χ0v) is 14.3. The number of halogens is 1. The molecule has 1 aromatic carbocycles. The molecule has 0 saturated heterocycles. The second-order valence-electron chi connectivity index (χ2n) is 5.32. The summed E-state index contributed by atoms with van der Waals surface area (Å²) in [5, 5.41) is 9.20. The van der Waals surface area contributed by atoms with E-state index in [4.69, 9.17) is 0 Å². The molecular formula is C15H26ClNO2S. The number of rotatable bonds is 7. The van der Waals surface area contributed by atoms with Crippen LogP contribution in [-0.4, -0.2) is 38.6 Å². The maximum atomic E-state index is 12.1. The van der Waals surface area contributed by atoms with Crippen molar-refractivity contribution in [3.05, 3.63) is 24.3 Å². The minimum absolute atomic E-state index is 0. The summed E-state index contributed by atoms with van der Waals surface area (Å²) in [6, 6.07) is 7.66. The Morgan fingerprint density at radius 3 is 2.05 bits per heavy atom. The third kappa shape index (κ3) is 6.25. The highest BCUT2D eigenvalue weighted by Gasteiger charge is 2.13. The van der Waals surface area contributed by atoms with E-state index in [0.29, 0.717) is 17.8 Å². The number of hydrogen-bond acceptors (Lipinski definition) is 3. The highest BCUT2D eigenvalue weighted by Crippen LogP contribution is 2.14. The molecule has 0 aliphatic rings. The van der Waals surface area contributed by atoms with Gasteiger partial charge in [-0.1, -0.05) is 0 Å². The average Bonchev–Trinajstić information content (AvgIpc) is 2.34. The average molecular weight is 320 g/mol. The largest absolute Gasteiger partial charge is 0.508 e. The molecule has 0 heterocycles. The Balaban J connectivity index is 0.00000361. The van der Waals surface area contributed by atoms with Gasteiger partial charge in [0.1, 0.15) is 5.75 Å². The minimum atomic E-state index is -0.972. The third-order valence-electron chi connectivity index (χ3n) is 3.17. The van der Waals surface area contributed by atoms with Crippen molar-refractivity contribution in [3.63, 3.8) is 0 Å². The van der Waals surface area contributed by atoms with Gasteiger partial charge in [0.2, 0.25) is 0 Å². The Labute approximate surface area is 131 Å². The van der Waals surface area contributed by atoms with Crippen LogP contribution in [0.1, 0.15) is 34.1 Å². The van der Waals surface area contributed by atoms with Gasteiger partial charge in [-0.05, 0) is 64.9 Å². The molecule has 0 aliphatic carbocycles. The van der Waals surface area contributed by atoms with Crippen molar-refractivity contribution in [3.8, 4) is 5.75 Å². The molecule has 1 N–H and O–H groups in total. The van der Waals surface area contributed by atoms with Crippen LogP contribution in [0.5, 0.6) is 5.75 Å². The van der Waals surface area contributed by atoms with Crippen molar-refractivity contribution in [1.82, 2.24) is 4.90 Å². The second kappa shape index (κ2) is 9.37. The van der Waals surface area contributed by atoms with Crippen molar-refractivity contribution >= 4 is 23.2 Å². The van der Waals surface area contributed by atoms with E-state index in [2.05, 4.69) is 32.6 Å². The standard InChI is InChI=1S/C15H25NO2S.ClH/c1-12(2)16(13(3)4)10-5-11-19(18)15-8-6-14(17)7-9-15;/h6-9,12-13,17H,5,10-11H2,1-4H3;1H. The maximum Gasteiger partial charge on any atom is 0.115 e. The fourth-order valence-electron chi connectivity index (χ4n) is 2.21. The predicted molar refractivity (Wildman–Crippen MR) is 88.2 cm³/mol. The van der Waals surface area contributed by atoms with E-state index in [9.17, 15) is 9.32 Å². The lowest BCUT2D eigenvalue weighted by Gasteiger charge is -2.30. The fourth-order valence-corrected chi connectivity index (χ4v) is 3.27. The van der Waals surface area contributed by atoms with Gasteiger partial charge in [0, 0.05) is 22.7 Å². The van der Waals surface area contributed by atoms with Crippen LogP contribution in [0.4, 0.5) is 0 Å². The molecule has 0 radical (unpaired) electrons. The third-order valence-corrected chi connectivity index (χ3v) is 4.63. The lowest BCUT2D eigenvalue weighted by atomic mass is 10.2. The first-order valence-electron chi connectivity index (χ1n) is 6.85. The zero-order chi connectivity index (χ0) is 14.4. The van der Waals surface area contributed by atoms with Crippen LogP contribution in [-0.2, 0) is 10.8 Å². The van der Waals surface area contributed by atoms with Gasteiger partial charge in [-0.2, -0.15) is 0 Å². The molecule has 0 amide bonds. The van der Waals surface area contributed by atoms with Crippen LogP contribution >= 0.6 is 12.4 Å². The van der Waals surface area contributed by atoms with Gasteiger partial charge >= 0.3 is 0 Å². The summed E-state index contributed by atoms with van der Waals surface area (Å²) in [7, 11) is -0.972. The molecule has 1 atom stereocenters. The van der Waals surface area contributed by atoms with Gasteiger partial charge in [0.15, 0.2) is 0 Å². The Hall–Kier alpha value is -0.580. The highest BCUT2D eigenvalue weighted by atomic mass is 35.5. The molecule has 0 spiro atoms. The molecule has 1 aromatic rings. The summed E-state index contributed by atoms with van der Waals surface area (Å²) in [5.41, 5.74) is 0. The molecule has 0 fully saturated rings. The first-order valence-corrected chi connectivity index (χ1v) is 8.17. The number of nitrogens with zero attached hydrogens (tertiary/aromatic N) is 1.